The number of para-hydroxylation sites is 1. The molecule has 0 saturated carbocycles. The SMILES string of the molecule is C[n+]1c(S(=O)(=O)C(F)(F)F)ccc2ccccc21. The molecule has 2 aromatic rings. The van der Waals surface area contributed by atoms with Crippen LogP contribution in [-0.2, 0) is 16.9 Å². The number of hydrogen-bond acceptors (Lipinski definition) is 2. The second-order valence-electron chi connectivity index (χ2n) is 3.74. The van der Waals surface area contributed by atoms with Gasteiger partial charge in [-0.25, -0.2) is 8.42 Å². The fraction of sp³-hybridized carbons (Fsp3) is 0.182. The number of halogens is 3. The standard InChI is InChI=1S/C11H9F3NO2S/c1-15-9-5-3-2-4-8(9)6-7-10(15)18(16,17)11(12,13)14/h2-7H,1H3/q+1. The maximum Gasteiger partial charge on any atom is 0.507 e. The molecule has 18 heavy (non-hydrogen) atoms. The summed E-state index contributed by atoms with van der Waals surface area (Å²) in [5, 5.41) is -0.102. The Balaban J connectivity index is 2.79. The predicted octanol–water partition coefficient (Wildman–Crippen LogP) is 1.96. The molecule has 0 bridgehead atoms. The van der Waals surface area contributed by atoms with Gasteiger partial charge in [-0.15, -0.1) is 0 Å². The van der Waals surface area contributed by atoms with Crippen LogP contribution in [0.5, 0.6) is 0 Å². The van der Waals surface area contributed by atoms with E-state index >= 15 is 0 Å². The van der Waals surface area contributed by atoms with Crippen molar-refractivity contribution in [1.82, 2.24) is 0 Å². The van der Waals surface area contributed by atoms with Gasteiger partial charge in [-0.2, -0.15) is 17.7 Å². The zero-order valence-electron chi connectivity index (χ0n) is 9.27. The number of aryl methyl sites for hydroxylation is 1. The summed E-state index contributed by atoms with van der Waals surface area (Å²) >= 11 is 0. The molecule has 0 N–H and O–H groups in total. The lowest BCUT2D eigenvalue weighted by Gasteiger charge is -2.07. The van der Waals surface area contributed by atoms with E-state index in [1.165, 1.54) is 13.1 Å². The van der Waals surface area contributed by atoms with E-state index in [1.807, 2.05) is 0 Å². The summed E-state index contributed by atoms with van der Waals surface area (Å²) in [7, 11) is -4.04. The summed E-state index contributed by atoms with van der Waals surface area (Å²) in [4.78, 5) is 0. The minimum atomic E-state index is -5.34. The molecule has 2 rings (SSSR count). The summed E-state index contributed by atoms with van der Waals surface area (Å²) in [6, 6.07) is 8.93. The van der Waals surface area contributed by atoms with Crippen LogP contribution < -0.4 is 4.57 Å². The van der Waals surface area contributed by atoms with E-state index in [2.05, 4.69) is 0 Å². The van der Waals surface area contributed by atoms with Gasteiger partial charge in [-0.1, -0.05) is 12.1 Å². The number of rotatable bonds is 1. The molecule has 0 amide bonds. The van der Waals surface area contributed by atoms with Crippen LogP contribution in [-0.4, -0.2) is 13.9 Å². The zero-order valence-corrected chi connectivity index (χ0v) is 10.1. The van der Waals surface area contributed by atoms with Crippen LogP contribution >= 0.6 is 0 Å². The highest BCUT2D eigenvalue weighted by Gasteiger charge is 2.51. The first-order valence-corrected chi connectivity index (χ1v) is 6.42. The van der Waals surface area contributed by atoms with Gasteiger partial charge in [-0.05, 0) is 12.1 Å². The Bertz CT molecular complexity index is 708. The molecule has 0 spiro atoms. The third kappa shape index (κ3) is 1.84. The van der Waals surface area contributed by atoms with Crippen molar-refractivity contribution in [1.29, 1.82) is 0 Å². The number of pyridine rings is 1. The van der Waals surface area contributed by atoms with Crippen molar-refractivity contribution >= 4 is 20.7 Å². The minimum Gasteiger partial charge on any atom is -0.208 e. The van der Waals surface area contributed by atoms with E-state index in [1.54, 1.807) is 24.3 Å². The lowest BCUT2D eigenvalue weighted by molar-refractivity contribution is -0.684. The maximum absolute atomic E-state index is 12.5. The summed E-state index contributed by atoms with van der Waals surface area (Å²) < 4.78 is 61.3. The van der Waals surface area contributed by atoms with Crippen LogP contribution in [0.2, 0.25) is 0 Å². The average molecular weight is 276 g/mol. The van der Waals surface area contributed by atoms with E-state index < -0.39 is 20.4 Å². The second-order valence-corrected chi connectivity index (χ2v) is 5.63. The van der Waals surface area contributed by atoms with Gasteiger partial charge in [0.25, 0.3) is 0 Å². The lowest BCUT2D eigenvalue weighted by Crippen LogP contribution is -2.40. The number of hydrogen-bond donors (Lipinski definition) is 0. The van der Waals surface area contributed by atoms with E-state index in [0.29, 0.717) is 10.9 Å². The van der Waals surface area contributed by atoms with Gasteiger partial charge in [0.2, 0.25) is 5.52 Å². The summed E-state index contributed by atoms with van der Waals surface area (Å²) in [5.74, 6) is 0. The van der Waals surface area contributed by atoms with Crippen molar-refractivity contribution in [2.75, 3.05) is 0 Å². The Morgan fingerprint density at radius 1 is 1.06 bits per heavy atom. The van der Waals surface area contributed by atoms with Crippen LogP contribution in [0, 0.1) is 0 Å². The summed E-state index contributed by atoms with van der Waals surface area (Å²) in [6.45, 7) is 0. The van der Waals surface area contributed by atoms with E-state index in [9.17, 15) is 21.6 Å². The highest BCUT2D eigenvalue weighted by Crippen LogP contribution is 2.29. The normalized spacial score (nSPS) is 12.9. The quantitative estimate of drug-likeness (QED) is 0.747. The Morgan fingerprint density at radius 3 is 2.28 bits per heavy atom. The Morgan fingerprint density at radius 2 is 1.67 bits per heavy atom. The number of fused-ring (bicyclic) bond motifs is 1. The van der Waals surface area contributed by atoms with Crippen molar-refractivity contribution in [3.05, 3.63) is 36.4 Å². The lowest BCUT2D eigenvalue weighted by atomic mass is 10.2. The molecule has 1 aromatic carbocycles. The smallest absolute Gasteiger partial charge is 0.208 e. The number of nitrogens with zero attached hydrogens (tertiary/aromatic N) is 1. The monoisotopic (exact) mass is 276 g/mol. The largest absolute Gasteiger partial charge is 0.507 e. The van der Waals surface area contributed by atoms with Crippen LogP contribution in [0.3, 0.4) is 0 Å². The summed E-state index contributed by atoms with van der Waals surface area (Å²) in [5.41, 5.74) is -4.88. The number of aromatic nitrogens is 1. The molecule has 0 radical (unpaired) electrons. The van der Waals surface area contributed by atoms with Gasteiger partial charge in [-0.3, -0.25) is 0 Å². The molecule has 3 nitrogen and oxygen atoms in total. The molecule has 1 heterocycles. The molecule has 1 aromatic heterocycles. The molecule has 0 aliphatic rings. The Kier molecular flexibility index (Phi) is 2.81. The van der Waals surface area contributed by atoms with E-state index in [4.69, 9.17) is 0 Å². The number of benzene rings is 1. The highest BCUT2D eigenvalue weighted by molar-refractivity contribution is 7.92. The first-order chi connectivity index (χ1) is 8.25. The van der Waals surface area contributed by atoms with Gasteiger partial charge in [0.1, 0.15) is 7.05 Å². The van der Waals surface area contributed by atoms with E-state index in [0.717, 1.165) is 10.6 Å². The minimum absolute atomic E-state index is 0.419. The van der Waals surface area contributed by atoms with Gasteiger partial charge < -0.3 is 0 Å². The molecule has 0 aliphatic heterocycles. The number of alkyl halides is 3. The zero-order chi connectivity index (χ0) is 13.6. The van der Waals surface area contributed by atoms with Crippen molar-refractivity contribution in [2.45, 2.75) is 10.5 Å². The van der Waals surface area contributed by atoms with Gasteiger partial charge in [0.05, 0.1) is 0 Å². The fourth-order valence-corrected chi connectivity index (χ4v) is 2.66. The molecular formula is C11H9F3NO2S+. The predicted molar refractivity (Wildman–Crippen MR) is 58.4 cm³/mol. The first kappa shape index (κ1) is 12.8. The van der Waals surface area contributed by atoms with Gasteiger partial charge in [0.15, 0.2) is 0 Å². The van der Waals surface area contributed by atoms with Crippen molar-refractivity contribution < 1.29 is 26.2 Å². The summed E-state index contributed by atoms with van der Waals surface area (Å²) in [6.07, 6.45) is 0. The molecule has 0 unspecified atom stereocenters. The Labute approximate surface area is 101 Å². The Hall–Kier alpha value is -1.63. The number of sulfone groups is 1. The molecule has 0 atom stereocenters. The fourth-order valence-electron chi connectivity index (χ4n) is 1.71. The van der Waals surface area contributed by atoms with Crippen molar-refractivity contribution in [2.24, 2.45) is 7.05 Å². The molecule has 0 saturated heterocycles. The van der Waals surface area contributed by atoms with Crippen LogP contribution in [0.1, 0.15) is 0 Å². The third-order valence-corrected chi connectivity index (χ3v) is 4.18. The molecular weight excluding hydrogens is 267 g/mol. The third-order valence-electron chi connectivity index (χ3n) is 2.61. The first-order valence-electron chi connectivity index (χ1n) is 4.94. The highest BCUT2D eigenvalue weighted by atomic mass is 32.2. The molecule has 96 valence electrons. The second kappa shape index (κ2) is 3.94. The van der Waals surface area contributed by atoms with Crippen LogP contribution in [0.15, 0.2) is 41.4 Å². The maximum atomic E-state index is 12.5. The van der Waals surface area contributed by atoms with E-state index in [-0.39, 0.29) is 0 Å². The van der Waals surface area contributed by atoms with Gasteiger partial charge in [0, 0.05) is 17.5 Å². The van der Waals surface area contributed by atoms with Crippen molar-refractivity contribution in [3.63, 3.8) is 0 Å². The molecule has 7 heteroatoms. The van der Waals surface area contributed by atoms with Crippen molar-refractivity contribution in [3.8, 4) is 0 Å². The van der Waals surface area contributed by atoms with Crippen LogP contribution in [0.4, 0.5) is 13.2 Å². The average Bonchev–Trinajstić information content (AvgIpc) is 2.28. The topological polar surface area (TPSA) is 38.0 Å². The van der Waals surface area contributed by atoms with Crippen LogP contribution in [0.25, 0.3) is 10.9 Å². The molecule has 0 fully saturated rings. The molecule has 0 aliphatic carbocycles. The van der Waals surface area contributed by atoms with Gasteiger partial charge >= 0.3 is 20.4 Å².